The number of rotatable bonds is 6. The van der Waals surface area contributed by atoms with Gasteiger partial charge in [-0.05, 0) is 31.2 Å². The molecule has 2 aliphatic rings. The average molecular weight is 544 g/mol. The number of anilines is 2. The van der Waals surface area contributed by atoms with E-state index in [1.165, 1.54) is 8.99 Å². The summed E-state index contributed by atoms with van der Waals surface area (Å²) < 4.78 is 30.3. The van der Waals surface area contributed by atoms with E-state index in [1.54, 1.807) is 17.3 Å². The van der Waals surface area contributed by atoms with E-state index in [0.29, 0.717) is 50.8 Å². The molecule has 196 valence electrons. The molecule has 0 atom stereocenters. The van der Waals surface area contributed by atoms with Crippen LogP contribution in [-0.4, -0.2) is 90.7 Å². The molecule has 12 heteroatoms. The number of carbonyl (C=O) groups excluding carboxylic acids is 1. The van der Waals surface area contributed by atoms with Crippen molar-refractivity contribution in [2.24, 2.45) is 0 Å². The number of piperazine rings is 2. The van der Waals surface area contributed by atoms with E-state index in [-0.39, 0.29) is 29.6 Å². The first kappa shape index (κ1) is 25.5. The Balaban J connectivity index is 1.31. The number of sulfonamides is 1. The monoisotopic (exact) mass is 543 g/mol. The second-order valence-corrected chi connectivity index (χ2v) is 11.3. The van der Waals surface area contributed by atoms with Crippen molar-refractivity contribution in [3.63, 3.8) is 0 Å². The lowest BCUT2D eigenvalue weighted by Crippen LogP contribution is -2.50. The first-order chi connectivity index (χ1) is 17.9. The minimum atomic E-state index is -3.96. The minimum absolute atomic E-state index is 0.127. The van der Waals surface area contributed by atoms with Gasteiger partial charge >= 0.3 is 0 Å². The van der Waals surface area contributed by atoms with Gasteiger partial charge in [-0.3, -0.25) is 9.48 Å². The van der Waals surface area contributed by atoms with Crippen molar-refractivity contribution in [1.82, 2.24) is 24.0 Å². The maximum Gasteiger partial charge on any atom is 0.263 e. The van der Waals surface area contributed by atoms with E-state index < -0.39 is 10.0 Å². The molecule has 2 aliphatic heterocycles. The summed E-state index contributed by atoms with van der Waals surface area (Å²) >= 11 is 6.34. The van der Waals surface area contributed by atoms with Crippen LogP contribution in [0.5, 0.6) is 0 Å². The molecule has 0 spiro atoms. The first-order valence-corrected chi connectivity index (χ1v) is 14.2. The van der Waals surface area contributed by atoms with Crippen LogP contribution in [0, 0.1) is 0 Å². The molecule has 5 rings (SSSR count). The van der Waals surface area contributed by atoms with Gasteiger partial charge in [-0.1, -0.05) is 29.8 Å². The van der Waals surface area contributed by atoms with Gasteiger partial charge in [0.15, 0.2) is 0 Å². The summed E-state index contributed by atoms with van der Waals surface area (Å²) in [5.74, 6) is 0.557. The summed E-state index contributed by atoms with van der Waals surface area (Å²) in [7, 11) is -3.96. The van der Waals surface area contributed by atoms with Crippen molar-refractivity contribution in [3.8, 4) is 0 Å². The number of nitrogens with zero attached hydrogens (tertiary/aromatic N) is 7. The van der Waals surface area contributed by atoms with Gasteiger partial charge in [0.2, 0.25) is 5.03 Å². The van der Waals surface area contributed by atoms with E-state index in [0.717, 1.165) is 11.5 Å². The van der Waals surface area contributed by atoms with E-state index in [2.05, 4.69) is 19.9 Å². The van der Waals surface area contributed by atoms with Gasteiger partial charge in [0.25, 0.3) is 15.9 Å². The fourth-order valence-corrected chi connectivity index (χ4v) is 6.52. The number of aryl methyl sites for hydroxylation is 1. The zero-order chi connectivity index (χ0) is 26.0. The average Bonchev–Trinajstić information content (AvgIpc) is 3.39. The molecule has 0 aliphatic carbocycles. The van der Waals surface area contributed by atoms with Crippen LogP contribution >= 0.6 is 11.6 Å². The maximum atomic E-state index is 13.7. The molecule has 0 bridgehead atoms. The Labute approximate surface area is 222 Å². The molecule has 1 amide bonds. The van der Waals surface area contributed by atoms with Crippen molar-refractivity contribution < 1.29 is 13.2 Å². The Kier molecular flexibility index (Phi) is 7.36. The highest BCUT2D eigenvalue weighted by Gasteiger charge is 2.36. The Morgan fingerprint density at radius 1 is 0.919 bits per heavy atom. The molecule has 0 N–H and O–H groups in total. The molecule has 4 heterocycles. The Hall–Kier alpha value is -3.15. The molecule has 0 unspecified atom stereocenters. The van der Waals surface area contributed by atoms with Crippen LogP contribution in [0.25, 0.3) is 0 Å². The quantitative estimate of drug-likeness (QED) is 0.471. The van der Waals surface area contributed by atoms with Gasteiger partial charge < -0.3 is 14.7 Å². The fourth-order valence-electron chi connectivity index (χ4n) is 4.75. The topological polar surface area (TPSA) is 94.9 Å². The minimum Gasteiger partial charge on any atom is -0.368 e. The zero-order valence-electron chi connectivity index (χ0n) is 20.7. The van der Waals surface area contributed by atoms with Crippen LogP contribution in [0.4, 0.5) is 11.5 Å². The molecule has 0 radical (unpaired) electrons. The van der Waals surface area contributed by atoms with Gasteiger partial charge in [-0.15, -0.1) is 0 Å². The normalized spacial score (nSPS) is 17.3. The summed E-state index contributed by atoms with van der Waals surface area (Å²) in [6.07, 6.45) is 3.30. The molecule has 2 saturated heterocycles. The lowest BCUT2D eigenvalue weighted by Gasteiger charge is -2.36. The van der Waals surface area contributed by atoms with E-state index in [1.807, 2.05) is 49.4 Å². The van der Waals surface area contributed by atoms with Crippen LogP contribution in [-0.2, 0) is 16.6 Å². The number of benzene rings is 1. The van der Waals surface area contributed by atoms with Crippen LogP contribution in [0.1, 0.15) is 17.3 Å². The van der Waals surface area contributed by atoms with Crippen LogP contribution in [0.2, 0.25) is 5.02 Å². The van der Waals surface area contributed by atoms with Crippen LogP contribution in [0.3, 0.4) is 0 Å². The molecule has 3 aromatic rings. The molecule has 10 nitrogen and oxygen atoms in total. The van der Waals surface area contributed by atoms with Gasteiger partial charge in [-0.2, -0.15) is 9.40 Å². The smallest absolute Gasteiger partial charge is 0.263 e. The molecular formula is C25H30ClN7O3S. The number of para-hydroxylation sites is 1. The molecule has 2 fully saturated rings. The first-order valence-electron chi connectivity index (χ1n) is 12.4. The van der Waals surface area contributed by atoms with Crippen molar-refractivity contribution >= 4 is 39.0 Å². The van der Waals surface area contributed by atoms with Gasteiger partial charge in [0.1, 0.15) is 5.82 Å². The number of hydrogen-bond acceptors (Lipinski definition) is 7. The number of carbonyl (C=O) groups is 1. The van der Waals surface area contributed by atoms with E-state index >= 15 is 0 Å². The number of pyridine rings is 1. The van der Waals surface area contributed by atoms with E-state index in [4.69, 9.17) is 11.6 Å². The summed E-state index contributed by atoms with van der Waals surface area (Å²) in [6, 6.07) is 13.3. The predicted octanol–water partition coefficient (Wildman–Crippen LogP) is 2.42. The van der Waals surface area contributed by atoms with Gasteiger partial charge in [0.05, 0.1) is 16.3 Å². The van der Waals surface area contributed by atoms with Gasteiger partial charge in [0, 0.05) is 71.3 Å². The Bertz CT molecular complexity index is 1350. The molecular weight excluding hydrogens is 514 g/mol. The van der Waals surface area contributed by atoms with Crippen LogP contribution in [0.15, 0.2) is 59.9 Å². The fraction of sp³-hybridized carbons (Fsp3) is 0.400. The molecule has 0 saturated carbocycles. The summed E-state index contributed by atoms with van der Waals surface area (Å²) in [5, 5.41) is 4.80. The lowest BCUT2D eigenvalue weighted by atomic mass is 10.2. The van der Waals surface area contributed by atoms with E-state index in [9.17, 15) is 13.2 Å². The second kappa shape index (κ2) is 10.7. The van der Waals surface area contributed by atoms with Crippen molar-refractivity contribution in [1.29, 1.82) is 0 Å². The summed E-state index contributed by atoms with van der Waals surface area (Å²) in [4.78, 5) is 23.8. The summed E-state index contributed by atoms with van der Waals surface area (Å²) in [5.41, 5.74) is 1.01. The lowest BCUT2D eigenvalue weighted by molar-refractivity contribution is 0.0742. The SMILES string of the molecule is CCn1cc(C(=O)N2CCN(c3ccccn3)CC2)c(S(=O)(=O)N2CCN(c3ccccc3Cl)CC2)n1. The van der Waals surface area contributed by atoms with Crippen molar-refractivity contribution in [2.75, 3.05) is 62.2 Å². The zero-order valence-corrected chi connectivity index (χ0v) is 22.3. The number of hydrogen-bond donors (Lipinski definition) is 0. The highest BCUT2D eigenvalue weighted by molar-refractivity contribution is 7.89. The van der Waals surface area contributed by atoms with Crippen LogP contribution < -0.4 is 9.80 Å². The number of amides is 1. The van der Waals surface area contributed by atoms with Crippen molar-refractivity contribution in [3.05, 3.63) is 65.4 Å². The standard InChI is InChI=1S/C25H30ClN7O3S/c1-2-32-19-20(25(34)31-13-11-30(12-14-31)23-9-5-6-10-27-23)24(28-32)37(35,36)33-17-15-29(16-18-33)22-8-4-3-7-21(22)26/h3-10,19H,2,11-18H2,1H3. The molecule has 1 aromatic carbocycles. The third kappa shape index (κ3) is 5.16. The highest BCUT2D eigenvalue weighted by atomic mass is 35.5. The Morgan fingerprint density at radius 2 is 1.59 bits per heavy atom. The van der Waals surface area contributed by atoms with Gasteiger partial charge in [-0.25, -0.2) is 13.4 Å². The second-order valence-electron chi connectivity index (χ2n) is 9.01. The third-order valence-electron chi connectivity index (χ3n) is 6.84. The highest BCUT2D eigenvalue weighted by Crippen LogP contribution is 2.28. The summed E-state index contributed by atoms with van der Waals surface area (Å²) in [6.45, 7) is 6.08. The third-order valence-corrected chi connectivity index (χ3v) is 8.99. The molecule has 37 heavy (non-hydrogen) atoms. The maximum absolute atomic E-state index is 13.7. The van der Waals surface area contributed by atoms with Crippen molar-refractivity contribution in [2.45, 2.75) is 18.5 Å². The number of halogens is 1. The number of aromatic nitrogens is 3. The predicted molar refractivity (Wildman–Crippen MR) is 143 cm³/mol. The molecule has 2 aromatic heterocycles. The Morgan fingerprint density at radius 3 is 2.24 bits per heavy atom. The largest absolute Gasteiger partial charge is 0.368 e.